The largest absolute Gasteiger partial charge is 0.456 e. The van der Waals surface area contributed by atoms with Gasteiger partial charge >= 0.3 is 0 Å². The van der Waals surface area contributed by atoms with E-state index in [1.807, 2.05) is 24.8 Å². The molecule has 314 valence electrons. The van der Waals surface area contributed by atoms with Crippen LogP contribution in [0.25, 0.3) is 126 Å². The molecule has 0 atom stereocenters. The van der Waals surface area contributed by atoms with Gasteiger partial charge in [-0.2, -0.15) is 0 Å². The van der Waals surface area contributed by atoms with Crippen molar-refractivity contribution in [3.8, 4) is 17.1 Å². The smallest absolute Gasteiger partial charge is 0.138 e. The van der Waals surface area contributed by atoms with Gasteiger partial charge in [0.1, 0.15) is 22.3 Å². The lowest BCUT2D eigenvalue weighted by molar-refractivity contribution is 0.656. The van der Waals surface area contributed by atoms with Crippen molar-refractivity contribution in [3.05, 3.63) is 212 Å². The van der Waals surface area contributed by atoms with Gasteiger partial charge in [0.05, 0.1) is 33.1 Å². The van der Waals surface area contributed by atoms with E-state index < -0.39 is 0 Å². The quantitative estimate of drug-likeness (QED) is 0.167. The molecule has 7 aromatic heterocycles. The van der Waals surface area contributed by atoms with Gasteiger partial charge in [-0.15, -0.1) is 0 Å². The first-order chi connectivity index (χ1) is 33.2. The Hall–Kier alpha value is -8.94. The number of furan rings is 2. The van der Waals surface area contributed by atoms with Gasteiger partial charge in [0, 0.05) is 95.7 Å². The van der Waals surface area contributed by atoms with Crippen LogP contribution in [0, 0.1) is 0 Å². The van der Waals surface area contributed by atoms with Crippen LogP contribution < -0.4 is 0 Å². The van der Waals surface area contributed by atoms with Crippen molar-refractivity contribution in [1.82, 2.24) is 23.7 Å². The fraction of sp³-hybridized carbons (Fsp3) is 0.0333. The molecule has 0 amide bonds. The van der Waals surface area contributed by atoms with E-state index in [1.54, 1.807) is 0 Å². The summed E-state index contributed by atoms with van der Waals surface area (Å²) in [5.74, 6) is 0. The van der Waals surface area contributed by atoms with Gasteiger partial charge in [-0.1, -0.05) is 97.1 Å². The van der Waals surface area contributed by atoms with Crippen molar-refractivity contribution in [1.29, 1.82) is 0 Å². The SMILES string of the molecule is c1ccc(-n2c3ccccc3c3ccc4c(c5ccccc5n4-c4ccc5oc6c(CCc7cccc8c7oc7ccc(-n9c%10ccncc%10c%10cnccc%109)cc78)cccc6c5c4)c32)cc1. The van der Waals surface area contributed by atoms with E-state index in [1.165, 1.54) is 54.7 Å². The van der Waals surface area contributed by atoms with E-state index in [0.717, 1.165) is 95.6 Å². The van der Waals surface area contributed by atoms with Crippen molar-refractivity contribution in [2.75, 3.05) is 0 Å². The van der Waals surface area contributed by atoms with E-state index in [0.29, 0.717) is 0 Å². The summed E-state index contributed by atoms with van der Waals surface area (Å²) in [6, 6.07) is 63.3. The second kappa shape index (κ2) is 13.8. The predicted octanol–water partition coefficient (Wildman–Crippen LogP) is 15.4. The number of hydrogen-bond donors (Lipinski definition) is 0. The molecule has 7 nitrogen and oxygen atoms in total. The minimum absolute atomic E-state index is 0.799. The molecule has 8 aromatic carbocycles. The Kier molecular flexibility index (Phi) is 7.49. The number of fused-ring (bicyclic) bond motifs is 16. The summed E-state index contributed by atoms with van der Waals surface area (Å²) in [6.45, 7) is 0. The van der Waals surface area contributed by atoms with E-state index >= 15 is 0 Å². The van der Waals surface area contributed by atoms with Crippen molar-refractivity contribution in [2.24, 2.45) is 0 Å². The third-order valence-corrected chi connectivity index (χ3v) is 14.2. The molecule has 0 radical (unpaired) electrons. The minimum Gasteiger partial charge on any atom is -0.456 e. The van der Waals surface area contributed by atoms with Gasteiger partial charge in [0.2, 0.25) is 0 Å². The van der Waals surface area contributed by atoms with Gasteiger partial charge < -0.3 is 22.5 Å². The number of nitrogens with zero attached hydrogens (tertiary/aromatic N) is 5. The molecule has 15 aromatic rings. The highest BCUT2D eigenvalue weighted by molar-refractivity contribution is 6.26. The number of hydrogen-bond acceptors (Lipinski definition) is 4. The lowest BCUT2D eigenvalue weighted by Crippen LogP contribution is -1.95. The van der Waals surface area contributed by atoms with Crippen LogP contribution in [0.5, 0.6) is 0 Å². The third kappa shape index (κ3) is 5.16. The second-order valence-corrected chi connectivity index (χ2v) is 17.7. The standard InChI is InChI=1S/C60H37N5O2/c1-2-12-38(13-3-1)65-50-18-6-4-14-41(50)42-24-25-54-57(58(42)65)45-15-5-7-19-51(45)64(54)40-23-27-56-47(33-40)44-17-9-11-37(60(44)67-56)21-20-36-10-8-16-43-46-32-39(22-26-55(46)66-59(36)43)63-52-28-30-61-34-48(52)49-35-62-31-29-53(49)63/h1-19,22-35H,20-21H2. The van der Waals surface area contributed by atoms with E-state index in [-0.39, 0.29) is 0 Å². The van der Waals surface area contributed by atoms with Crippen LogP contribution in [0.15, 0.2) is 210 Å². The zero-order valence-electron chi connectivity index (χ0n) is 36.0. The van der Waals surface area contributed by atoms with Crippen LogP contribution in [0.4, 0.5) is 0 Å². The Bertz CT molecular complexity index is 4470. The topological polar surface area (TPSA) is 66.8 Å². The van der Waals surface area contributed by atoms with Crippen molar-refractivity contribution in [3.63, 3.8) is 0 Å². The molecule has 0 aliphatic heterocycles. The maximum Gasteiger partial charge on any atom is 0.138 e. The fourth-order valence-electron chi connectivity index (χ4n) is 11.3. The third-order valence-electron chi connectivity index (χ3n) is 14.2. The molecule has 0 unspecified atom stereocenters. The lowest BCUT2D eigenvalue weighted by atomic mass is 10.00. The van der Waals surface area contributed by atoms with Crippen LogP contribution >= 0.6 is 0 Å². The first kappa shape index (κ1) is 36.4. The molecule has 67 heavy (non-hydrogen) atoms. The van der Waals surface area contributed by atoms with Gasteiger partial charge in [-0.3, -0.25) is 9.97 Å². The Morgan fingerprint density at radius 3 is 1.49 bits per heavy atom. The molecule has 0 saturated carbocycles. The Morgan fingerprint density at radius 2 is 0.866 bits per heavy atom. The summed E-state index contributed by atoms with van der Waals surface area (Å²) in [6.07, 6.45) is 9.14. The van der Waals surface area contributed by atoms with Crippen LogP contribution in [-0.2, 0) is 12.8 Å². The van der Waals surface area contributed by atoms with Gasteiger partial charge in [0.15, 0.2) is 0 Å². The molecular weight excluding hydrogens is 823 g/mol. The maximum atomic E-state index is 6.77. The van der Waals surface area contributed by atoms with Gasteiger partial charge in [-0.05, 0) is 103 Å². The summed E-state index contributed by atoms with van der Waals surface area (Å²) in [7, 11) is 0. The molecule has 7 heteroatoms. The Morgan fingerprint density at radius 1 is 0.343 bits per heavy atom. The van der Waals surface area contributed by atoms with Crippen LogP contribution in [0.2, 0.25) is 0 Å². The Labute approximate surface area is 381 Å². The maximum absolute atomic E-state index is 6.77. The number of pyridine rings is 2. The lowest BCUT2D eigenvalue weighted by Gasteiger charge is -2.10. The van der Waals surface area contributed by atoms with Crippen LogP contribution in [-0.4, -0.2) is 23.7 Å². The summed E-state index contributed by atoms with van der Waals surface area (Å²) < 4.78 is 20.6. The number of rotatable bonds is 6. The average Bonchev–Trinajstić information content (AvgIpc) is 4.19. The zero-order chi connectivity index (χ0) is 43.7. The number of benzene rings is 8. The molecule has 0 spiro atoms. The molecule has 0 N–H and O–H groups in total. The highest BCUT2D eigenvalue weighted by Crippen LogP contribution is 2.43. The first-order valence-corrected chi connectivity index (χ1v) is 22.8. The molecule has 0 bridgehead atoms. The monoisotopic (exact) mass is 859 g/mol. The fourth-order valence-corrected chi connectivity index (χ4v) is 11.3. The number of aryl methyl sites for hydroxylation is 2. The highest BCUT2D eigenvalue weighted by Gasteiger charge is 2.22. The number of aromatic nitrogens is 5. The summed E-state index contributed by atoms with van der Waals surface area (Å²) in [5.41, 5.74) is 16.2. The van der Waals surface area contributed by atoms with Gasteiger partial charge in [-0.25, -0.2) is 0 Å². The van der Waals surface area contributed by atoms with Crippen molar-refractivity contribution in [2.45, 2.75) is 12.8 Å². The molecular formula is C60H37N5O2. The number of para-hydroxylation sites is 5. The normalized spacial score (nSPS) is 12.3. The molecule has 15 rings (SSSR count). The van der Waals surface area contributed by atoms with Crippen molar-refractivity contribution < 1.29 is 8.83 Å². The molecule has 0 aliphatic carbocycles. The van der Waals surface area contributed by atoms with Crippen molar-refractivity contribution >= 4 is 109 Å². The van der Waals surface area contributed by atoms with E-state index in [9.17, 15) is 0 Å². The van der Waals surface area contributed by atoms with E-state index in [4.69, 9.17) is 8.83 Å². The highest BCUT2D eigenvalue weighted by atomic mass is 16.3. The Balaban J connectivity index is 0.824. The second-order valence-electron chi connectivity index (χ2n) is 17.7. The first-order valence-electron chi connectivity index (χ1n) is 22.8. The molecule has 7 heterocycles. The minimum atomic E-state index is 0.799. The summed E-state index contributed by atoms with van der Waals surface area (Å²) in [5, 5.41) is 11.5. The van der Waals surface area contributed by atoms with Crippen LogP contribution in [0.1, 0.15) is 11.1 Å². The van der Waals surface area contributed by atoms with Gasteiger partial charge in [0.25, 0.3) is 0 Å². The molecule has 0 aliphatic rings. The van der Waals surface area contributed by atoms with Crippen LogP contribution in [0.3, 0.4) is 0 Å². The molecule has 0 saturated heterocycles. The average molecular weight is 860 g/mol. The van der Waals surface area contributed by atoms with E-state index in [2.05, 4.69) is 200 Å². The summed E-state index contributed by atoms with van der Waals surface area (Å²) >= 11 is 0. The zero-order valence-corrected chi connectivity index (χ0v) is 36.0. The summed E-state index contributed by atoms with van der Waals surface area (Å²) in [4.78, 5) is 8.84. The molecule has 0 fully saturated rings. The predicted molar refractivity (Wildman–Crippen MR) is 273 cm³/mol.